The first-order valence-electron chi connectivity index (χ1n) is 6.01. The number of sulfone groups is 1. The maximum atomic E-state index is 11.3. The number of fused-ring (bicyclic) bond motifs is 1. The molecule has 1 aromatic heterocycles. The van der Waals surface area contributed by atoms with Crippen LogP contribution in [0.25, 0.3) is 11.1 Å². The molecule has 1 aromatic carbocycles. The summed E-state index contributed by atoms with van der Waals surface area (Å²) in [7, 11) is -2.87. The molecule has 1 N–H and O–H groups in total. The Kier molecular flexibility index (Phi) is 3.24. The van der Waals surface area contributed by atoms with E-state index in [1.54, 1.807) is 6.07 Å². The fourth-order valence-corrected chi connectivity index (χ4v) is 4.14. The van der Waals surface area contributed by atoms with E-state index in [0.717, 1.165) is 0 Å². The zero-order valence-corrected chi connectivity index (χ0v) is 11.7. The SMILES string of the molecule is O=S1(=O)CCC(NCc2nc3cccc(Cl)c3o2)C1. The van der Waals surface area contributed by atoms with Crippen LogP contribution in [-0.2, 0) is 16.4 Å². The number of para-hydroxylation sites is 1. The molecule has 0 spiro atoms. The minimum atomic E-state index is -2.87. The molecule has 7 heteroatoms. The highest BCUT2D eigenvalue weighted by molar-refractivity contribution is 7.91. The van der Waals surface area contributed by atoms with Crippen LogP contribution in [0.2, 0.25) is 5.02 Å². The second-order valence-corrected chi connectivity index (χ2v) is 7.31. The van der Waals surface area contributed by atoms with Crippen LogP contribution in [0, 0.1) is 0 Å². The van der Waals surface area contributed by atoms with Crippen molar-refractivity contribution in [3.05, 3.63) is 29.1 Å². The van der Waals surface area contributed by atoms with Crippen LogP contribution < -0.4 is 5.32 Å². The van der Waals surface area contributed by atoms with E-state index in [4.69, 9.17) is 16.0 Å². The molecule has 19 heavy (non-hydrogen) atoms. The van der Waals surface area contributed by atoms with Crippen molar-refractivity contribution in [2.45, 2.75) is 19.0 Å². The van der Waals surface area contributed by atoms with Gasteiger partial charge in [-0.2, -0.15) is 0 Å². The van der Waals surface area contributed by atoms with Gasteiger partial charge in [0, 0.05) is 6.04 Å². The van der Waals surface area contributed by atoms with E-state index in [1.807, 2.05) is 12.1 Å². The lowest BCUT2D eigenvalue weighted by Gasteiger charge is -2.07. The normalized spacial score (nSPS) is 22.1. The molecule has 1 saturated heterocycles. The van der Waals surface area contributed by atoms with Crippen LogP contribution in [0.4, 0.5) is 0 Å². The Hall–Kier alpha value is -1.11. The minimum Gasteiger partial charge on any atom is -0.438 e. The monoisotopic (exact) mass is 300 g/mol. The maximum Gasteiger partial charge on any atom is 0.209 e. The van der Waals surface area contributed by atoms with Gasteiger partial charge in [0.1, 0.15) is 5.52 Å². The molecule has 0 bridgehead atoms. The van der Waals surface area contributed by atoms with Gasteiger partial charge in [0.25, 0.3) is 0 Å². The summed E-state index contributed by atoms with van der Waals surface area (Å²) in [6.45, 7) is 0.408. The lowest BCUT2D eigenvalue weighted by molar-refractivity contribution is 0.463. The average molecular weight is 301 g/mol. The van der Waals surface area contributed by atoms with E-state index >= 15 is 0 Å². The summed E-state index contributed by atoms with van der Waals surface area (Å²) in [6.07, 6.45) is 0.642. The van der Waals surface area contributed by atoms with Crippen molar-refractivity contribution in [2.75, 3.05) is 11.5 Å². The first-order valence-corrected chi connectivity index (χ1v) is 8.21. The second kappa shape index (κ2) is 4.77. The molecule has 1 unspecified atom stereocenters. The molecule has 5 nitrogen and oxygen atoms in total. The summed E-state index contributed by atoms with van der Waals surface area (Å²) in [5.41, 5.74) is 1.28. The summed E-state index contributed by atoms with van der Waals surface area (Å²) in [4.78, 5) is 4.31. The Bertz CT molecular complexity index is 711. The van der Waals surface area contributed by atoms with Gasteiger partial charge in [-0.05, 0) is 18.6 Å². The summed E-state index contributed by atoms with van der Waals surface area (Å²) in [5.74, 6) is 0.963. The Morgan fingerprint density at radius 2 is 2.32 bits per heavy atom. The summed E-state index contributed by atoms with van der Waals surface area (Å²) >= 11 is 6.00. The standard InChI is InChI=1S/C12H13ClN2O3S/c13-9-2-1-3-10-12(9)18-11(15-10)6-14-8-4-5-19(16,17)7-8/h1-3,8,14H,4-7H2. The summed E-state index contributed by atoms with van der Waals surface area (Å²) in [5, 5.41) is 3.68. The Morgan fingerprint density at radius 3 is 3.00 bits per heavy atom. The quantitative estimate of drug-likeness (QED) is 0.935. The van der Waals surface area contributed by atoms with E-state index in [2.05, 4.69) is 10.3 Å². The number of hydrogen-bond acceptors (Lipinski definition) is 5. The molecule has 0 saturated carbocycles. The molecule has 2 heterocycles. The largest absolute Gasteiger partial charge is 0.438 e. The molecule has 1 fully saturated rings. The molecular weight excluding hydrogens is 288 g/mol. The van der Waals surface area contributed by atoms with Gasteiger partial charge in [0.2, 0.25) is 5.89 Å². The zero-order valence-electron chi connectivity index (χ0n) is 10.1. The van der Waals surface area contributed by atoms with Gasteiger partial charge in [-0.3, -0.25) is 0 Å². The van der Waals surface area contributed by atoms with Gasteiger partial charge >= 0.3 is 0 Å². The Morgan fingerprint density at radius 1 is 1.47 bits per heavy atom. The van der Waals surface area contributed by atoms with Gasteiger partial charge in [0.15, 0.2) is 15.4 Å². The topological polar surface area (TPSA) is 72.2 Å². The molecule has 2 aromatic rings. The van der Waals surface area contributed by atoms with Crippen LogP contribution in [0.15, 0.2) is 22.6 Å². The van der Waals surface area contributed by atoms with E-state index < -0.39 is 9.84 Å². The number of aromatic nitrogens is 1. The van der Waals surface area contributed by atoms with E-state index in [1.165, 1.54) is 0 Å². The second-order valence-electron chi connectivity index (χ2n) is 4.68. The number of halogens is 1. The molecule has 0 amide bonds. The number of nitrogens with one attached hydrogen (secondary N) is 1. The highest BCUT2D eigenvalue weighted by Crippen LogP contribution is 2.24. The van der Waals surface area contributed by atoms with Crippen LogP contribution in [0.5, 0.6) is 0 Å². The fourth-order valence-electron chi connectivity index (χ4n) is 2.22. The van der Waals surface area contributed by atoms with Gasteiger partial charge in [-0.1, -0.05) is 17.7 Å². The van der Waals surface area contributed by atoms with Crippen molar-refractivity contribution in [2.24, 2.45) is 0 Å². The van der Waals surface area contributed by atoms with E-state index in [9.17, 15) is 8.42 Å². The predicted octanol–water partition coefficient (Wildman–Crippen LogP) is 1.76. The smallest absolute Gasteiger partial charge is 0.209 e. The van der Waals surface area contributed by atoms with Gasteiger partial charge in [-0.25, -0.2) is 13.4 Å². The zero-order chi connectivity index (χ0) is 13.5. The van der Waals surface area contributed by atoms with Crippen LogP contribution in [-0.4, -0.2) is 30.9 Å². The third-order valence-corrected chi connectivity index (χ3v) is 5.25. The number of benzene rings is 1. The minimum absolute atomic E-state index is 0.0181. The van der Waals surface area contributed by atoms with Crippen LogP contribution in [0.1, 0.15) is 12.3 Å². The molecule has 1 aliphatic heterocycles. The third-order valence-electron chi connectivity index (χ3n) is 3.19. The summed E-state index contributed by atoms with van der Waals surface area (Å²) < 4.78 is 28.2. The first-order chi connectivity index (χ1) is 9.03. The highest BCUT2D eigenvalue weighted by atomic mass is 35.5. The van der Waals surface area contributed by atoms with Crippen molar-refractivity contribution in [1.82, 2.24) is 10.3 Å². The molecule has 0 aliphatic carbocycles. The van der Waals surface area contributed by atoms with Gasteiger partial charge in [0.05, 0.1) is 23.1 Å². The number of oxazole rings is 1. The molecule has 0 radical (unpaired) electrons. The van der Waals surface area contributed by atoms with Crippen molar-refractivity contribution in [1.29, 1.82) is 0 Å². The van der Waals surface area contributed by atoms with Gasteiger partial charge in [-0.15, -0.1) is 0 Å². The first kappa shape index (κ1) is 12.9. The van der Waals surface area contributed by atoms with Gasteiger partial charge < -0.3 is 9.73 Å². The summed E-state index contributed by atoms with van der Waals surface area (Å²) in [6, 6.07) is 5.37. The maximum absolute atomic E-state index is 11.3. The molecule has 1 aliphatic rings. The van der Waals surface area contributed by atoms with Crippen LogP contribution >= 0.6 is 11.6 Å². The lowest BCUT2D eigenvalue weighted by atomic mass is 10.3. The van der Waals surface area contributed by atoms with Crippen molar-refractivity contribution >= 4 is 32.5 Å². The van der Waals surface area contributed by atoms with E-state index in [-0.39, 0.29) is 17.5 Å². The predicted molar refractivity (Wildman–Crippen MR) is 72.9 cm³/mol. The lowest BCUT2D eigenvalue weighted by Crippen LogP contribution is -2.29. The van der Waals surface area contributed by atoms with Crippen molar-refractivity contribution in [3.63, 3.8) is 0 Å². The number of hydrogen-bond donors (Lipinski definition) is 1. The molecule has 102 valence electrons. The number of nitrogens with zero attached hydrogens (tertiary/aromatic N) is 1. The van der Waals surface area contributed by atoms with Crippen molar-refractivity contribution < 1.29 is 12.8 Å². The Labute approximate surface area is 115 Å². The Balaban J connectivity index is 1.71. The molecule has 1 atom stereocenters. The fraction of sp³-hybridized carbons (Fsp3) is 0.417. The highest BCUT2D eigenvalue weighted by Gasteiger charge is 2.27. The van der Waals surface area contributed by atoms with Crippen molar-refractivity contribution in [3.8, 4) is 0 Å². The number of rotatable bonds is 3. The average Bonchev–Trinajstić information content (AvgIpc) is 2.91. The molecular formula is C12H13ClN2O3S. The molecule has 3 rings (SSSR count). The third kappa shape index (κ3) is 2.75. The van der Waals surface area contributed by atoms with Crippen LogP contribution in [0.3, 0.4) is 0 Å². The van der Waals surface area contributed by atoms with E-state index in [0.29, 0.717) is 35.0 Å².